The van der Waals surface area contributed by atoms with Crippen LogP contribution in [0.5, 0.6) is 0 Å². The van der Waals surface area contributed by atoms with Crippen molar-refractivity contribution in [2.75, 3.05) is 0 Å². The molecule has 0 bridgehead atoms. The van der Waals surface area contributed by atoms with E-state index in [-0.39, 0.29) is 24.8 Å². The van der Waals surface area contributed by atoms with Gasteiger partial charge in [0, 0.05) is 0 Å². The smallest absolute Gasteiger partial charge is 0.0553 e. The third-order valence-corrected chi connectivity index (χ3v) is 5.46. The molecule has 28 heavy (non-hydrogen) atoms. The van der Waals surface area contributed by atoms with Crippen molar-refractivity contribution < 1.29 is 49.0 Å². The zero-order valence-corrected chi connectivity index (χ0v) is 19.8. The molecular weight excluding hydrogens is 462 g/mol. The summed E-state index contributed by atoms with van der Waals surface area (Å²) in [4.78, 5) is 0. The molecule has 2 aliphatic carbocycles. The Balaban J connectivity index is 0.000000173. The molecular formula is C25H24Cl2Zr-2. The first-order valence-corrected chi connectivity index (χ1v) is 11.3. The van der Waals surface area contributed by atoms with Gasteiger partial charge in [-0.3, -0.25) is 0 Å². The van der Waals surface area contributed by atoms with E-state index in [9.17, 15) is 0 Å². The Hall–Kier alpha value is -1.01. The van der Waals surface area contributed by atoms with Gasteiger partial charge in [0.2, 0.25) is 0 Å². The van der Waals surface area contributed by atoms with E-state index in [2.05, 4.69) is 77.0 Å². The van der Waals surface area contributed by atoms with Crippen LogP contribution in [0.2, 0.25) is 0 Å². The summed E-state index contributed by atoms with van der Waals surface area (Å²) in [7, 11) is 0. The number of rotatable bonds is 2. The summed E-state index contributed by atoms with van der Waals surface area (Å²) in [6.45, 7) is 0. The summed E-state index contributed by atoms with van der Waals surface area (Å²) >= 11 is 1.30. The molecule has 6 rings (SSSR count). The van der Waals surface area contributed by atoms with Crippen molar-refractivity contribution in [3.05, 3.63) is 83.9 Å². The minimum absolute atomic E-state index is 0. The fourth-order valence-corrected chi connectivity index (χ4v) is 3.85. The monoisotopic (exact) mass is 484 g/mol. The molecule has 0 atom stereocenters. The van der Waals surface area contributed by atoms with Crippen LogP contribution >= 0.6 is 0 Å². The molecule has 0 N–H and O–H groups in total. The quantitative estimate of drug-likeness (QED) is 0.369. The van der Waals surface area contributed by atoms with Crippen LogP contribution in [-0.4, -0.2) is 4.21 Å². The number of benzene rings is 2. The van der Waals surface area contributed by atoms with Crippen LogP contribution < -0.4 is 24.8 Å². The van der Waals surface area contributed by atoms with Crippen molar-refractivity contribution in [1.29, 1.82) is 0 Å². The van der Waals surface area contributed by atoms with Crippen molar-refractivity contribution >= 4 is 25.8 Å². The molecule has 0 radical (unpaired) electrons. The van der Waals surface area contributed by atoms with Gasteiger partial charge in [-0.1, -0.05) is 49.7 Å². The van der Waals surface area contributed by atoms with Crippen molar-refractivity contribution in [2.24, 2.45) is 0 Å². The number of fused-ring (bicyclic) bond motifs is 2. The minimum Gasteiger partial charge on any atom is -1.00 e. The molecule has 4 aromatic rings. The molecule has 0 heterocycles. The topological polar surface area (TPSA) is 0 Å². The standard InChI is InChI=1S/2C12H11.CH2.2ClH.Zr/c2*1-2-4-11-9(3-1)7-8-12(11)10-5-6-10;;;;/h2*1-4,7-8,10H,5-6H2;1H2;2*1H;/q2*-1;;;;+2/p-2. The predicted molar refractivity (Wildman–Crippen MR) is 110 cm³/mol. The second-order valence-corrected chi connectivity index (χ2v) is 7.30. The predicted octanol–water partition coefficient (Wildman–Crippen LogP) is 0.845. The summed E-state index contributed by atoms with van der Waals surface area (Å²) in [5.74, 6) is 1.76. The summed E-state index contributed by atoms with van der Waals surface area (Å²) < 4.78 is 3.34. The molecule has 144 valence electrons. The number of hydrogen-bond donors (Lipinski definition) is 0. The molecule has 2 aliphatic rings. The van der Waals surface area contributed by atoms with E-state index in [1.54, 1.807) is 11.1 Å². The summed E-state index contributed by atoms with van der Waals surface area (Å²) in [5, 5.41) is 5.75. The average Bonchev–Trinajstić information content (AvgIpc) is 3.65. The van der Waals surface area contributed by atoms with Gasteiger partial charge in [-0.25, -0.2) is 0 Å². The summed E-state index contributed by atoms with van der Waals surface area (Å²) in [6, 6.07) is 26.4. The summed E-state index contributed by atoms with van der Waals surface area (Å²) in [5.41, 5.74) is 3.15. The van der Waals surface area contributed by atoms with E-state index in [4.69, 9.17) is 0 Å². The first-order chi connectivity index (χ1) is 12.9. The maximum absolute atomic E-state index is 3.34. The SMILES string of the molecule is [CH2]=[Zr+2].[Cl-].[Cl-].c1ccc2c(C3CC3)c[cH-]c2c1.c1ccc2c(C3CC3)c[cH-]c2c1. The maximum atomic E-state index is 3.34. The third-order valence-electron chi connectivity index (χ3n) is 5.46. The van der Waals surface area contributed by atoms with Gasteiger partial charge < -0.3 is 24.8 Å². The average molecular weight is 487 g/mol. The van der Waals surface area contributed by atoms with E-state index < -0.39 is 0 Å². The first kappa shape index (κ1) is 23.3. The Kier molecular flexibility index (Phi) is 8.88. The van der Waals surface area contributed by atoms with Crippen LogP contribution in [0, 0.1) is 0 Å². The maximum Gasteiger partial charge on any atom is -0.0553 e. The number of hydrogen-bond acceptors (Lipinski definition) is 0. The number of halogens is 2. The van der Waals surface area contributed by atoms with E-state index in [1.807, 2.05) is 0 Å². The van der Waals surface area contributed by atoms with Gasteiger partial charge >= 0.3 is 28.4 Å². The normalized spacial score (nSPS) is 14.8. The van der Waals surface area contributed by atoms with E-state index in [0.29, 0.717) is 0 Å². The zero-order chi connectivity index (χ0) is 17.9. The van der Waals surface area contributed by atoms with Gasteiger partial charge in [-0.2, -0.15) is 11.1 Å². The van der Waals surface area contributed by atoms with E-state index >= 15 is 0 Å². The zero-order valence-electron chi connectivity index (χ0n) is 15.9. The van der Waals surface area contributed by atoms with Crippen molar-refractivity contribution in [2.45, 2.75) is 37.5 Å². The van der Waals surface area contributed by atoms with Crippen LogP contribution in [-0.2, 0) is 24.2 Å². The second kappa shape index (κ2) is 10.7. The fourth-order valence-electron chi connectivity index (χ4n) is 3.85. The van der Waals surface area contributed by atoms with Crippen LogP contribution in [0.4, 0.5) is 0 Å². The third kappa shape index (κ3) is 5.12. The molecule has 0 aliphatic heterocycles. The molecule has 0 nitrogen and oxygen atoms in total. The second-order valence-electron chi connectivity index (χ2n) is 7.30. The van der Waals surface area contributed by atoms with Gasteiger partial charge in [0.1, 0.15) is 0 Å². The van der Waals surface area contributed by atoms with Gasteiger partial charge in [0.15, 0.2) is 0 Å². The van der Waals surface area contributed by atoms with E-state index in [0.717, 1.165) is 11.8 Å². The van der Waals surface area contributed by atoms with Crippen LogP contribution in [0.15, 0.2) is 72.8 Å². The minimum atomic E-state index is 0. The van der Waals surface area contributed by atoms with Crippen LogP contribution in [0.3, 0.4) is 0 Å². The van der Waals surface area contributed by atoms with Crippen LogP contribution in [0.25, 0.3) is 21.5 Å². The molecule has 2 fully saturated rings. The van der Waals surface area contributed by atoms with Crippen LogP contribution in [0.1, 0.15) is 48.6 Å². The molecule has 4 aromatic carbocycles. The molecule has 0 amide bonds. The first-order valence-electron chi connectivity index (χ1n) is 9.54. The van der Waals surface area contributed by atoms with Gasteiger partial charge in [0.05, 0.1) is 0 Å². The Labute approximate surface area is 195 Å². The Morgan fingerprint density at radius 3 is 1.36 bits per heavy atom. The fraction of sp³-hybridized carbons (Fsp3) is 0.240. The van der Waals surface area contributed by atoms with Crippen molar-refractivity contribution in [3.63, 3.8) is 0 Å². The molecule has 0 aromatic heterocycles. The Morgan fingerprint density at radius 1 is 0.643 bits per heavy atom. The summed E-state index contributed by atoms with van der Waals surface area (Å²) in [6.07, 6.45) is 5.59. The molecule has 0 unspecified atom stereocenters. The molecule has 0 saturated heterocycles. The van der Waals surface area contributed by atoms with Gasteiger partial charge in [-0.15, -0.1) is 82.2 Å². The molecule has 3 heteroatoms. The van der Waals surface area contributed by atoms with Crippen molar-refractivity contribution in [1.82, 2.24) is 0 Å². The van der Waals surface area contributed by atoms with E-state index in [1.165, 1.54) is 71.5 Å². The van der Waals surface area contributed by atoms with Gasteiger partial charge in [0.25, 0.3) is 0 Å². The molecule has 2 saturated carbocycles. The van der Waals surface area contributed by atoms with Gasteiger partial charge in [-0.05, 0) is 0 Å². The van der Waals surface area contributed by atoms with Crippen molar-refractivity contribution in [3.8, 4) is 0 Å². The largest absolute Gasteiger partial charge is 1.00 e. The molecule has 0 spiro atoms. The Morgan fingerprint density at radius 2 is 1.00 bits per heavy atom. The Bertz CT molecular complexity index is 923.